The monoisotopic (exact) mass is 333 g/mol. The lowest BCUT2D eigenvalue weighted by molar-refractivity contribution is 0.187. The van der Waals surface area contributed by atoms with Crippen LogP contribution in [0.4, 0.5) is 10.5 Å². The van der Waals surface area contributed by atoms with Gasteiger partial charge in [0, 0.05) is 5.56 Å². The summed E-state index contributed by atoms with van der Waals surface area (Å²) < 4.78 is 10.5. The molecule has 0 aliphatic heterocycles. The van der Waals surface area contributed by atoms with Crippen molar-refractivity contribution in [2.45, 2.75) is 26.9 Å². The molecule has 0 spiro atoms. The highest BCUT2D eigenvalue weighted by Gasteiger charge is 2.10. The molecule has 0 atom stereocenters. The standard InChI is InChI=1S/C18H20ClNO3/c1-4-13-10-15(19)17(9-12(13)2)23-11-14-7-5-6-8-16(14)20-18(21)22-3/h5-10H,4,11H2,1-3H3,(H,20,21). The molecule has 0 radical (unpaired) electrons. The van der Waals surface area contributed by atoms with Crippen molar-refractivity contribution in [1.82, 2.24) is 0 Å². The summed E-state index contributed by atoms with van der Waals surface area (Å²) in [6, 6.07) is 11.3. The van der Waals surface area contributed by atoms with Crippen molar-refractivity contribution in [1.29, 1.82) is 0 Å². The van der Waals surface area contributed by atoms with Crippen LogP contribution in [0, 0.1) is 6.92 Å². The Balaban J connectivity index is 2.15. The lowest BCUT2D eigenvalue weighted by Gasteiger charge is -2.14. The third-order valence-electron chi connectivity index (χ3n) is 3.59. The average Bonchev–Trinajstić information content (AvgIpc) is 2.56. The number of benzene rings is 2. The summed E-state index contributed by atoms with van der Waals surface area (Å²) in [5.74, 6) is 0.634. The van der Waals surface area contributed by atoms with E-state index in [1.807, 2.05) is 37.3 Å². The molecule has 0 saturated heterocycles. The highest BCUT2D eigenvalue weighted by Crippen LogP contribution is 2.29. The number of aryl methyl sites for hydroxylation is 2. The van der Waals surface area contributed by atoms with Gasteiger partial charge < -0.3 is 9.47 Å². The summed E-state index contributed by atoms with van der Waals surface area (Å²) >= 11 is 6.28. The van der Waals surface area contributed by atoms with Crippen LogP contribution in [-0.4, -0.2) is 13.2 Å². The number of para-hydroxylation sites is 1. The van der Waals surface area contributed by atoms with E-state index in [2.05, 4.69) is 17.0 Å². The zero-order chi connectivity index (χ0) is 16.8. The smallest absolute Gasteiger partial charge is 0.411 e. The van der Waals surface area contributed by atoms with Crippen molar-refractivity contribution in [2.75, 3.05) is 12.4 Å². The first-order valence-electron chi connectivity index (χ1n) is 7.39. The lowest BCUT2D eigenvalue weighted by Crippen LogP contribution is -2.13. The van der Waals surface area contributed by atoms with Gasteiger partial charge in [0.1, 0.15) is 12.4 Å². The number of rotatable bonds is 5. The van der Waals surface area contributed by atoms with Crippen LogP contribution < -0.4 is 10.1 Å². The van der Waals surface area contributed by atoms with Crippen LogP contribution in [0.5, 0.6) is 5.75 Å². The van der Waals surface area contributed by atoms with Gasteiger partial charge in [-0.2, -0.15) is 0 Å². The van der Waals surface area contributed by atoms with Crippen molar-refractivity contribution in [3.8, 4) is 5.75 Å². The van der Waals surface area contributed by atoms with E-state index < -0.39 is 6.09 Å². The molecule has 2 aromatic rings. The number of carbonyl (C=O) groups is 1. The molecular formula is C18H20ClNO3. The first kappa shape index (κ1) is 17.2. The molecule has 122 valence electrons. The number of hydrogen-bond donors (Lipinski definition) is 1. The van der Waals surface area contributed by atoms with Crippen molar-refractivity contribution >= 4 is 23.4 Å². The lowest BCUT2D eigenvalue weighted by atomic mass is 10.1. The molecule has 0 aromatic heterocycles. The fourth-order valence-corrected chi connectivity index (χ4v) is 2.51. The first-order valence-corrected chi connectivity index (χ1v) is 7.77. The Morgan fingerprint density at radius 2 is 1.96 bits per heavy atom. The summed E-state index contributed by atoms with van der Waals surface area (Å²) in [4.78, 5) is 11.4. The molecule has 0 heterocycles. The number of nitrogens with one attached hydrogen (secondary N) is 1. The SMILES string of the molecule is CCc1cc(Cl)c(OCc2ccccc2NC(=O)OC)cc1C. The van der Waals surface area contributed by atoms with Crippen LogP contribution in [0.25, 0.3) is 0 Å². The van der Waals surface area contributed by atoms with Gasteiger partial charge in [0.15, 0.2) is 0 Å². The molecule has 2 rings (SSSR count). The molecule has 23 heavy (non-hydrogen) atoms. The quantitative estimate of drug-likeness (QED) is 0.840. The molecule has 0 saturated carbocycles. The van der Waals surface area contributed by atoms with E-state index in [9.17, 15) is 4.79 Å². The zero-order valence-corrected chi connectivity index (χ0v) is 14.2. The normalized spacial score (nSPS) is 10.3. The largest absolute Gasteiger partial charge is 0.487 e. The van der Waals surface area contributed by atoms with E-state index in [0.717, 1.165) is 17.5 Å². The Morgan fingerprint density at radius 1 is 1.22 bits per heavy atom. The van der Waals surface area contributed by atoms with E-state index in [1.165, 1.54) is 12.7 Å². The first-order chi connectivity index (χ1) is 11.0. The molecule has 5 heteroatoms. The fraction of sp³-hybridized carbons (Fsp3) is 0.278. The van der Waals surface area contributed by atoms with Gasteiger partial charge in [-0.3, -0.25) is 5.32 Å². The molecule has 0 bridgehead atoms. The Labute approximate surface area is 141 Å². The van der Waals surface area contributed by atoms with Crippen LogP contribution in [0.15, 0.2) is 36.4 Å². The van der Waals surface area contributed by atoms with Gasteiger partial charge in [0.25, 0.3) is 0 Å². The number of halogens is 1. The van der Waals surface area contributed by atoms with Crippen molar-refractivity contribution in [2.24, 2.45) is 0 Å². The molecule has 1 amide bonds. The minimum absolute atomic E-state index is 0.296. The predicted molar refractivity (Wildman–Crippen MR) is 92.4 cm³/mol. The minimum Gasteiger partial charge on any atom is -0.487 e. The van der Waals surface area contributed by atoms with Crippen LogP contribution in [0.1, 0.15) is 23.6 Å². The second kappa shape index (κ2) is 7.88. The fourth-order valence-electron chi connectivity index (χ4n) is 2.27. The van der Waals surface area contributed by atoms with Crippen molar-refractivity contribution < 1.29 is 14.3 Å². The van der Waals surface area contributed by atoms with Crippen LogP contribution in [0.2, 0.25) is 5.02 Å². The molecule has 0 aliphatic rings. The van der Waals surface area contributed by atoms with E-state index in [4.69, 9.17) is 16.3 Å². The number of ether oxygens (including phenoxy) is 2. The number of methoxy groups -OCH3 is 1. The van der Waals surface area contributed by atoms with Gasteiger partial charge in [0.2, 0.25) is 0 Å². The Bertz CT molecular complexity index is 701. The van der Waals surface area contributed by atoms with Gasteiger partial charge in [-0.1, -0.05) is 36.7 Å². The Hall–Kier alpha value is -2.20. The summed E-state index contributed by atoms with van der Waals surface area (Å²) in [5, 5.41) is 3.26. The molecule has 0 aliphatic carbocycles. The average molecular weight is 334 g/mol. The molecular weight excluding hydrogens is 314 g/mol. The molecule has 0 fully saturated rings. The van der Waals surface area contributed by atoms with Crippen molar-refractivity contribution in [3.63, 3.8) is 0 Å². The minimum atomic E-state index is -0.515. The second-order valence-electron chi connectivity index (χ2n) is 5.13. The van der Waals surface area contributed by atoms with Gasteiger partial charge in [-0.05, 0) is 42.7 Å². The third-order valence-corrected chi connectivity index (χ3v) is 3.89. The van der Waals surface area contributed by atoms with Gasteiger partial charge >= 0.3 is 6.09 Å². The second-order valence-corrected chi connectivity index (χ2v) is 5.53. The maximum atomic E-state index is 11.4. The van der Waals surface area contributed by atoms with Crippen LogP contribution >= 0.6 is 11.6 Å². The number of carbonyl (C=O) groups excluding carboxylic acids is 1. The topological polar surface area (TPSA) is 47.6 Å². The summed E-state index contributed by atoms with van der Waals surface area (Å²) in [6.45, 7) is 4.42. The summed E-state index contributed by atoms with van der Waals surface area (Å²) in [7, 11) is 1.33. The summed E-state index contributed by atoms with van der Waals surface area (Å²) in [5.41, 5.74) is 3.84. The van der Waals surface area contributed by atoms with E-state index in [0.29, 0.717) is 23.1 Å². The van der Waals surface area contributed by atoms with Crippen LogP contribution in [0.3, 0.4) is 0 Å². The summed E-state index contributed by atoms with van der Waals surface area (Å²) in [6.07, 6.45) is 0.413. The number of hydrogen-bond acceptors (Lipinski definition) is 3. The van der Waals surface area contributed by atoms with Crippen LogP contribution in [-0.2, 0) is 17.8 Å². The predicted octanol–water partition coefficient (Wildman–Crippen LogP) is 4.97. The third kappa shape index (κ3) is 4.39. The Morgan fingerprint density at radius 3 is 2.65 bits per heavy atom. The molecule has 4 nitrogen and oxygen atoms in total. The van der Waals surface area contributed by atoms with Crippen molar-refractivity contribution in [3.05, 3.63) is 58.1 Å². The maximum absolute atomic E-state index is 11.4. The van der Waals surface area contributed by atoms with Gasteiger partial charge in [-0.25, -0.2) is 4.79 Å². The highest BCUT2D eigenvalue weighted by atomic mass is 35.5. The molecule has 2 aromatic carbocycles. The van der Waals surface area contributed by atoms with Gasteiger partial charge in [-0.15, -0.1) is 0 Å². The van der Waals surface area contributed by atoms with E-state index in [1.54, 1.807) is 6.07 Å². The highest BCUT2D eigenvalue weighted by molar-refractivity contribution is 6.32. The van der Waals surface area contributed by atoms with E-state index >= 15 is 0 Å². The number of anilines is 1. The van der Waals surface area contributed by atoms with E-state index in [-0.39, 0.29) is 0 Å². The molecule has 1 N–H and O–H groups in total. The van der Waals surface area contributed by atoms with Gasteiger partial charge in [0.05, 0.1) is 17.8 Å². The Kier molecular flexibility index (Phi) is 5.88. The number of amides is 1. The zero-order valence-electron chi connectivity index (χ0n) is 13.5. The maximum Gasteiger partial charge on any atom is 0.411 e. The molecule has 0 unspecified atom stereocenters.